The first-order chi connectivity index (χ1) is 22.3. The normalized spacial score (nSPS) is 19.8. The van der Waals surface area contributed by atoms with Crippen molar-refractivity contribution in [2.24, 2.45) is 0 Å². The van der Waals surface area contributed by atoms with Gasteiger partial charge in [-0.2, -0.15) is 21.4 Å². The molecule has 1 atom stereocenters. The molecular weight excluding hydrogens is 699 g/mol. The van der Waals surface area contributed by atoms with Gasteiger partial charge >= 0.3 is 5.97 Å². The second-order valence-corrected chi connectivity index (χ2v) is 16.7. The molecule has 0 bridgehead atoms. The van der Waals surface area contributed by atoms with Gasteiger partial charge in [-0.15, -0.1) is 0 Å². The van der Waals surface area contributed by atoms with Crippen LogP contribution in [0.2, 0.25) is 10.0 Å². The standard InChI is InChI=1S/C34H40Cl2N2O8S2/c1-33(2)26-20-23(35)21-27(36)32(26)37-29(33)12-6-4-7-13-30-34(3,17-9-5-8-14-31(39)40)25-22-24(48(44,45)46)15-16-28(25)38(30)18-10-11-19-47(41,42)43/h4,6-7,12-13,15-16,20-22H,5,8-11,14,17-19H2,1-3H3,(H3,39,40,41,42,43,44,45,46)/p+1. The first kappa shape index (κ1) is 37.8. The SMILES string of the molecule is CC1(C)C(=CC=CC=CC2=[N+](CCCCS(=O)(=O)O)c3ccc(S(=O)(=O)O)cc3C2(C)CCCCCC(=O)O)Nc2c(Cl)cc(Cl)cc21. The maximum Gasteiger partial charge on any atom is 0.303 e. The first-order valence-corrected chi connectivity index (χ1v) is 19.4. The molecule has 2 aliphatic heterocycles. The van der Waals surface area contributed by atoms with Gasteiger partial charge < -0.3 is 10.4 Å². The van der Waals surface area contributed by atoms with E-state index in [1.807, 2.05) is 47.9 Å². The number of halogens is 2. The lowest BCUT2D eigenvalue weighted by molar-refractivity contribution is -0.438. The number of hydrogen-bond donors (Lipinski definition) is 4. The minimum atomic E-state index is -4.50. The van der Waals surface area contributed by atoms with Crippen LogP contribution in [0.15, 0.2) is 71.3 Å². The fraction of sp³-hybridized carbons (Fsp3) is 0.412. The molecule has 10 nitrogen and oxygen atoms in total. The zero-order valence-corrected chi connectivity index (χ0v) is 30.2. The summed E-state index contributed by atoms with van der Waals surface area (Å²) in [5.74, 6) is -1.25. The van der Waals surface area contributed by atoms with Crippen molar-refractivity contribution in [3.05, 3.63) is 87.6 Å². The molecule has 4 N–H and O–H groups in total. The van der Waals surface area contributed by atoms with Crippen molar-refractivity contribution in [1.29, 1.82) is 0 Å². The van der Waals surface area contributed by atoms with Crippen molar-refractivity contribution in [3.63, 3.8) is 0 Å². The number of allylic oxidation sites excluding steroid dienone is 6. The molecule has 2 aromatic rings. The smallest absolute Gasteiger partial charge is 0.303 e. The zero-order valence-electron chi connectivity index (χ0n) is 27.0. The summed E-state index contributed by atoms with van der Waals surface area (Å²) < 4.78 is 68.1. The molecule has 2 aromatic carbocycles. The molecule has 0 spiro atoms. The Labute approximate surface area is 292 Å². The number of unbranched alkanes of at least 4 members (excludes halogenated alkanes) is 3. The average molecular weight is 741 g/mol. The average Bonchev–Trinajstić information content (AvgIpc) is 3.36. The Morgan fingerprint density at radius 2 is 1.65 bits per heavy atom. The Balaban J connectivity index is 1.69. The molecule has 0 saturated heterocycles. The lowest BCUT2D eigenvalue weighted by Crippen LogP contribution is -2.31. The van der Waals surface area contributed by atoms with Crippen molar-refractivity contribution < 1.29 is 40.4 Å². The summed E-state index contributed by atoms with van der Waals surface area (Å²) in [4.78, 5) is 10.8. The van der Waals surface area contributed by atoms with Crippen molar-refractivity contribution in [2.75, 3.05) is 17.6 Å². The van der Waals surface area contributed by atoms with E-state index in [1.165, 1.54) is 12.1 Å². The molecule has 0 fully saturated rings. The Kier molecular flexibility index (Phi) is 11.7. The van der Waals surface area contributed by atoms with E-state index in [1.54, 1.807) is 12.1 Å². The number of hydrogen-bond acceptors (Lipinski definition) is 6. The number of carboxylic acids is 1. The van der Waals surface area contributed by atoms with Crippen LogP contribution in [0, 0.1) is 0 Å². The number of aliphatic carboxylic acids is 1. The third kappa shape index (κ3) is 8.77. The van der Waals surface area contributed by atoms with Crippen LogP contribution in [0.3, 0.4) is 0 Å². The van der Waals surface area contributed by atoms with Crippen LogP contribution in [0.1, 0.15) is 76.8 Å². The highest BCUT2D eigenvalue weighted by Gasteiger charge is 2.47. The lowest BCUT2D eigenvalue weighted by atomic mass is 9.75. The van der Waals surface area contributed by atoms with Gasteiger partial charge in [-0.25, -0.2) is 0 Å². The summed E-state index contributed by atoms with van der Waals surface area (Å²) in [5.41, 5.74) is 3.87. The minimum absolute atomic E-state index is 0.0485. The topological polar surface area (TPSA) is 161 Å². The highest BCUT2D eigenvalue weighted by atomic mass is 35.5. The number of fused-ring (bicyclic) bond motifs is 2. The predicted molar refractivity (Wildman–Crippen MR) is 189 cm³/mol. The van der Waals surface area contributed by atoms with Crippen LogP contribution in [-0.4, -0.2) is 59.6 Å². The maximum atomic E-state index is 12.1. The molecule has 0 saturated carbocycles. The molecule has 2 aliphatic rings. The largest absolute Gasteiger partial charge is 0.481 e. The van der Waals surface area contributed by atoms with E-state index in [-0.39, 0.29) is 28.9 Å². The van der Waals surface area contributed by atoms with Crippen LogP contribution in [0.5, 0.6) is 0 Å². The molecule has 0 amide bonds. The fourth-order valence-corrected chi connectivity index (χ4v) is 8.04. The number of nitrogens with zero attached hydrogens (tertiary/aromatic N) is 1. The first-order valence-electron chi connectivity index (χ1n) is 15.6. The van der Waals surface area contributed by atoms with E-state index in [0.29, 0.717) is 54.3 Å². The number of carboxylic acid groups (broad SMARTS) is 1. The van der Waals surface area contributed by atoms with Gasteiger partial charge in [0.1, 0.15) is 6.54 Å². The second-order valence-electron chi connectivity index (χ2n) is 12.9. The molecule has 48 heavy (non-hydrogen) atoms. The van der Waals surface area contributed by atoms with Crippen LogP contribution in [0.4, 0.5) is 11.4 Å². The van der Waals surface area contributed by atoms with Gasteiger partial charge in [0.15, 0.2) is 5.71 Å². The van der Waals surface area contributed by atoms with Crippen molar-refractivity contribution in [2.45, 2.75) is 81.4 Å². The van der Waals surface area contributed by atoms with E-state index in [2.05, 4.69) is 19.2 Å². The maximum absolute atomic E-state index is 12.1. The number of carbonyl (C=O) groups is 1. The monoisotopic (exact) mass is 739 g/mol. The van der Waals surface area contributed by atoms with E-state index in [9.17, 15) is 30.7 Å². The minimum Gasteiger partial charge on any atom is -0.481 e. The number of rotatable bonds is 15. The molecular formula is C34H41Cl2N2O8S2+. The number of benzene rings is 2. The van der Waals surface area contributed by atoms with Crippen LogP contribution >= 0.6 is 23.2 Å². The highest BCUT2D eigenvalue weighted by molar-refractivity contribution is 7.86. The van der Waals surface area contributed by atoms with E-state index in [0.717, 1.165) is 28.3 Å². The lowest BCUT2D eigenvalue weighted by Gasteiger charge is -2.23. The van der Waals surface area contributed by atoms with Gasteiger partial charge in [0.2, 0.25) is 5.69 Å². The highest BCUT2D eigenvalue weighted by Crippen LogP contribution is 2.48. The number of nitrogens with one attached hydrogen (secondary N) is 1. The van der Waals surface area contributed by atoms with Gasteiger partial charge in [0.05, 0.1) is 26.8 Å². The van der Waals surface area contributed by atoms with Crippen LogP contribution in [0.25, 0.3) is 0 Å². The van der Waals surface area contributed by atoms with Crippen molar-refractivity contribution in [1.82, 2.24) is 0 Å². The van der Waals surface area contributed by atoms with Crippen molar-refractivity contribution in [3.8, 4) is 0 Å². The third-order valence-corrected chi connectivity index (χ3v) is 11.2. The van der Waals surface area contributed by atoms with Gasteiger partial charge in [-0.1, -0.05) is 68.1 Å². The molecule has 0 aliphatic carbocycles. The molecule has 1 unspecified atom stereocenters. The summed E-state index contributed by atoms with van der Waals surface area (Å²) in [5, 5.41) is 13.6. The Morgan fingerprint density at radius 3 is 2.31 bits per heavy atom. The van der Waals surface area contributed by atoms with Gasteiger partial charge in [-0.05, 0) is 62.1 Å². The third-order valence-electron chi connectivity index (χ3n) is 9.01. The Hall–Kier alpha value is -3.00. The van der Waals surface area contributed by atoms with Crippen LogP contribution in [-0.2, 0) is 35.9 Å². The molecule has 4 rings (SSSR count). The van der Waals surface area contributed by atoms with Crippen molar-refractivity contribution >= 4 is 66.5 Å². The molecule has 14 heteroatoms. The van der Waals surface area contributed by atoms with Gasteiger partial charge in [0.25, 0.3) is 20.2 Å². The van der Waals surface area contributed by atoms with E-state index in [4.69, 9.17) is 28.3 Å². The zero-order chi connectivity index (χ0) is 35.5. The van der Waals surface area contributed by atoms with E-state index >= 15 is 0 Å². The molecule has 0 radical (unpaired) electrons. The quantitative estimate of drug-likeness (QED) is 0.0621. The van der Waals surface area contributed by atoms with Gasteiger partial charge in [-0.3, -0.25) is 13.9 Å². The Morgan fingerprint density at radius 1 is 0.917 bits per heavy atom. The summed E-state index contributed by atoms with van der Waals surface area (Å²) in [6, 6.07) is 8.03. The summed E-state index contributed by atoms with van der Waals surface area (Å²) >= 11 is 12.7. The molecule has 0 aromatic heterocycles. The Bertz CT molecular complexity index is 1930. The summed E-state index contributed by atoms with van der Waals surface area (Å²) in [6.45, 7) is 6.51. The van der Waals surface area contributed by atoms with E-state index < -0.39 is 31.6 Å². The second kappa shape index (κ2) is 14.9. The number of anilines is 1. The predicted octanol–water partition coefficient (Wildman–Crippen LogP) is 7.70. The summed E-state index contributed by atoms with van der Waals surface area (Å²) in [6.07, 6.45) is 12.5. The molecule has 2 heterocycles. The van der Waals surface area contributed by atoms with Crippen LogP contribution < -0.4 is 5.32 Å². The summed E-state index contributed by atoms with van der Waals surface area (Å²) in [7, 11) is -8.63. The molecule has 260 valence electrons. The fourth-order valence-electron chi connectivity index (χ4n) is 6.42. The van der Waals surface area contributed by atoms with Gasteiger partial charge in [0, 0.05) is 46.7 Å².